The van der Waals surface area contributed by atoms with Crippen LogP contribution >= 0.6 is 0 Å². The monoisotopic (exact) mass is 416 g/mol. The van der Waals surface area contributed by atoms with Gasteiger partial charge in [-0.25, -0.2) is 9.97 Å². The van der Waals surface area contributed by atoms with Crippen LogP contribution in [0.4, 0.5) is 0 Å². The maximum Gasteiger partial charge on any atom is 0.157 e. The molecule has 0 amide bonds. The number of carbonyl (C=O) groups excluding carboxylic acids is 1. The average Bonchev–Trinajstić information content (AvgIpc) is 3.42. The summed E-state index contributed by atoms with van der Waals surface area (Å²) in [4.78, 5) is 21.4. The molecule has 0 radical (unpaired) electrons. The SMILES string of the molecule is COc1cc(C=O)cc2nc(-c3cc4ccc(C5COC5)nc4n3CC3CC3)n(C)c12. The Morgan fingerprint density at radius 1 is 1.19 bits per heavy atom. The molecule has 1 saturated carbocycles. The number of carbonyl (C=O) groups is 1. The molecule has 7 nitrogen and oxygen atoms in total. The van der Waals surface area contributed by atoms with Crippen LogP contribution in [0.15, 0.2) is 30.3 Å². The van der Waals surface area contributed by atoms with E-state index in [4.69, 9.17) is 19.4 Å². The van der Waals surface area contributed by atoms with Gasteiger partial charge in [0.2, 0.25) is 0 Å². The van der Waals surface area contributed by atoms with Crippen LogP contribution in [-0.2, 0) is 18.3 Å². The second kappa shape index (κ2) is 6.92. The molecule has 2 aliphatic rings. The van der Waals surface area contributed by atoms with Crippen LogP contribution in [0.2, 0.25) is 0 Å². The van der Waals surface area contributed by atoms with Crippen molar-refractivity contribution in [2.45, 2.75) is 25.3 Å². The minimum Gasteiger partial charge on any atom is -0.494 e. The first kappa shape index (κ1) is 18.6. The van der Waals surface area contributed by atoms with Crippen LogP contribution in [0.5, 0.6) is 5.75 Å². The predicted molar refractivity (Wildman–Crippen MR) is 118 cm³/mol. The van der Waals surface area contributed by atoms with Crippen molar-refractivity contribution < 1.29 is 14.3 Å². The van der Waals surface area contributed by atoms with E-state index in [1.807, 2.05) is 13.1 Å². The molecule has 1 aliphatic heterocycles. The Morgan fingerprint density at radius 2 is 2.03 bits per heavy atom. The van der Waals surface area contributed by atoms with E-state index in [1.165, 1.54) is 12.8 Å². The number of pyridine rings is 1. The lowest BCUT2D eigenvalue weighted by molar-refractivity contribution is 0.00682. The van der Waals surface area contributed by atoms with Gasteiger partial charge in [0.1, 0.15) is 23.2 Å². The molecule has 0 unspecified atom stereocenters. The molecule has 4 aromatic rings. The largest absolute Gasteiger partial charge is 0.494 e. The van der Waals surface area contributed by atoms with Gasteiger partial charge in [-0.05, 0) is 49.1 Å². The highest BCUT2D eigenvalue weighted by molar-refractivity contribution is 5.92. The highest BCUT2D eigenvalue weighted by atomic mass is 16.5. The van der Waals surface area contributed by atoms with Crippen molar-refractivity contribution in [3.63, 3.8) is 0 Å². The van der Waals surface area contributed by atoms with E-state index < -0.39 is 0 Å². The van der Waals surface area contributed by atoms with E-state index in [0.29, 0.717) is 23.1 Å². The van der Waals surface area contributed by atoms with Gasteiger partial charge in [-0.15, -0.1) is 0 Å². The highest BCUT2D eigenvalue weighted by Gasteiger charge is 2.28. The topological polar surface area (TPSA) is 71.2 Å². The molecule has 4 heterocycles. The Hall–Kier alpha value is -3.19. The third kappa shape index (κ3) is 2.95. The Balaban J connectivity index is 1.57. The Bertz CT molecular complexity index is 1330. The van der Waals surface area contributed by atoms with Crippen molar-refractivity contribution >= 4 is 28.4 Å². The number of hydrogen-bond acceptors (Lipinski definition) is 5. The molecule has 0 atom stereocenters. The minimum atomic E-state index is 0.388. The first-order valence-electron chi connectivity index (χ1n) is 10.7. The van der Waals surface area contributed by atoms with E-state index >= 15 is 0 Å². The molecule has 1 aliphatic carbocycles. The summed E-state index contributed by atoms with van der Waals surface area (Å²) in [6.45, 7) is 2.44. The fourth-order valence-corrected chi connectivity index (χ4v) is 4.49. The number of fused-ring (bicyclic) bond motifs is 2. The maximum atomic E-state index is 11.4. The lowest BCUT2D eigenvalue weighted by Gasteiger charge is -2.25. The van der Waals surface area contributed by atoms with E-state index in [1.54, 1.807) is 13.2 Å². The molecule has 158 valence electrons. The molecule has 0 spiro atoms. The fraction of sp³-hybridized carbons (Fsp3) is 0.375. The molecule has 3 aromatic heterocycles. The molecule has 1 saturated heterocycles. The smallest absolute Gasteiger partial charge is 0.157 e. The number of aryl methyl sites for hydroxylation is 1. The van der Waals surface area contributed by atoms with Crippen LogP contribution < -0.4 is 4.74 Å². The second-order valence-corrected chi connectivity index (χ2v) is 8.67. The van der Waals surface area contributed by atoms with E-state index in [9.17, 15) is 4.79 Å². The molecule has 31 heavy (non-hydrogen) atoms. The average molecular weight is 416 g/mol. The lowest BCUT2D eigenvalue weighted by Crippen LogP contribution is -2.26. The summed E-state index contributed by atoms with van der Waals surface area (Å²) in [5.41, 5.74) is 5.35. The molecule has 7 heteroatoms. The van der Waals surface area contributed by atoms with Crippen LogP contribution in [0.3, 0.4) is 0 Å². The third-order valence-corrected chi connectivity index (χ3v) is 6.50. The molecule has 0 bridgehead atoms. The third-order valence-electron chi connectivity index (χ3n) is 6.50. The van der Waals surface area contributed by atoms with Gasteiger partial charge >= 0.3 is 0 Å². The van der Waals surface area contributed by atoms with Gasteiger partial charge in [0.25, 0.3) is 0 Å². The van der Waals surface area contributed by atoms with Crippen molar-refractivity contribution in [1.82, 2.24) is 19.1 Å². The first-order valence-corrected chi connectivity index (χ1v) is 10.7. The second-order valence-electron chi connectivity index (χ2n) is 8.67. The summed E-state index contributed by atoms with van der Waals surface area (Å²) < 4.78 is 15.3. The normalized spacial score (nSPS) is 16.7. The standard InChI is InChI=1S/C24H24N4O3/c1-27-22-19(7-15(11-29)8-21(22)30-2)26-24(27)20-9-16-5-6-18(17-12-31-13-17)25-23(16)28(20)10-14-3-4-14/h5-9,11,14,17H,3-4,10,12-13H2,1-2H3. The predicted octanol–water partition coefficient (Wildman–Crippen LogP) is 3.93. The van der Waals surface area contributed by atoms with Crippen molar-refractivity contribution in [3.05, 3.63) is 41.6 Å². The molecular weight excluding hydrogens is 392 g/mol. The summed E-state index contributed by atoms with van der Waals surface area (Å²) in [5, 5.41) is 1.12. The highest BCUT2D eigenvalue weighted by Crippen LogP contribution is 2.38. The summed E-state index contributed by atoms with van der Waals surface area (Å²) in [5.74, 6) is 2.58. The van der Waals surface area contributed by atoms with Gasteiger partial charge in [0.15, 0.2) is 5.82 Å². The number of benzene rings is 1. The zero-order valence-electron chi connectivity index (χ0n) is 17.7. The van der Waals surface area contributed by atoms with Crippen molar-refractivity contribution in [1.29, 1.82) is 0 Å². The Kier molecular flexibility index (Phi) is 4.14. The molecule has 0 N–H and O–H groups in total. The number of nitrogens with zero attached hydrogens (tertiary/aromatic N) is 4. The van der Waals surface area contributed by atoms with Gasteiger partial charge in [0, 0.05) is 30.5 Å². The fourth-order valence-electron chi connectivity index (χ4n) is 4.49. The zero-order valence-corrected chi connectivity index (χ0v) is 17.7. The zero-order chi connectivity index (χ0) is 21.1. The molecule has 2 fully saturated rings. The maximum absolute atomic E-state index is 11.4. The number of ether oxygens (including phenoxy) is 2. The quantitative estimate of drug-likeness (QED) is 0.445. The van der Waals surface area contributed by atoms with Gasteiger partial charge in [-0.1, -0.05) is 0 Å². The molecular formula is C24H24N4O3. The van der Waals surface area contributed by atoms with Gasteiger partial charge < -0.3 is 18.6 Å². The van der Waals surface area contributed by atoms with Crippen LogP contribution in [0.25, 0.3) is 33.6 Å². The number of imidazole rings is 1. The van der Waals surface area contributed by atoms with Crippen LogP contribution in [0, 0.1) is 5.92 Å². The van der Waals surface area contributed by atoms with Crippen LogP contribution in [-0.4, -0.2) is 45.7 Å². The lowest BCUT2D eigenvalue weighted by atomic mass is 10.0. The Morgan fingerprint density at radius 3 is 2.71 bits per heavy atom. The number of aldehydes is 1. The number of rotatable bonds is 6. The summed E-state index contributed by atoms with van der Waals surface area (Å²) in [7, 11) is 3.62. The number of aromatic nitrogens is 4. The van der Waals surface area contributed by atoms with E-state index in [0.717, 1.165) is 65.3 Å². The molecule has 6 rings (SSSR count). The van der Waals surface area contributed by atoms with Gasteiger partial charge in [-0.2, -0.15) is 0 Å². The summed E-state index contributed by atoms with van der Waals surface area (Å²) in [6.07, 6.45) is 3.35. The van der Waals surface area contributed by atoms with Crippen molar-refractivity contribution in [2.75, 3.05) is 20.3 Å². The Labute approximate surface area is 179 Å². The minimum absolute atomic E-state index is 0.388. The molecule has 1 aromatic carbocycles. The first-order chi connectivity index (χ1) is 15.2. The summed E-state index contributed by atoms with van der Waals surface area (Å²) >= 11 is 0. The van der Waals surface area contributed by atoms with Crippen LogP contribution in [0.1, 0.15) is 34.8 Å². The van der Waals surface area contributed by atoms with E-state index in [-0.39, 0.29) is 0 Å². The van der Waals surface area contributed by atoms with Crippen molar-refractivity contribution in [2.24, 2.45) is 13.0 Å². The number of hydrogen-bond donors (Lipinski definition) is 0. The van der Waals surface area contributed by atoms with Gasteiger partial charge in [-0.3, -0.25) is 4.79 Å². The number of methoxy groups -OCH3 is 1. The van der Waals surface area contributed by atoms with Gasteiger partial charge in [0.05, 0.1) is 37.2 Å². The summed E-state index contributed by atoms with van der Waals surface area (Å²) in [6, 6.07) is 10.0. The van der Waals surface area contributed by atoms with E-state index in [2.05, 4.69) is 27.3 Å². The van der Waals surface area contributed by atoms with Crippen molar-refractivity contribution in [3.8, 4) is 17.3 Å².